The fourth-order valence-electron chi connectivity index (χ4n) is 1.71. The molecule has 0 unspecified atom stereocenters. The first-order valence-electron chi connectivity index (χ1n) is 5.35. The van der Waals surface area contributed by atoms with Gasteiger partial charge in [0.05, 0.1) is 11.0 Å². The summed E-state index contributed by atoms with van der Waals surface area (Å²) in [5.74, 6) is 0.157. The van der Waals surface area contributed by atoms with Crippen LogP contribution in [-0.2, 0) is 0 Å². The summed E-state index contributed by atoms with van der Waals surface area (Å²) in [6.07, 6.45) is 6.66. The molecule has 0 spiro atoms. The third-order valence-corrected chi connectivity index (χ3v) is 2.57. The van der Waals surface area contributed by atoms with Crippen molar-refractivity contribution < 1.29 is 4.79 Å². The van der Waals surface area contributed by atoms with E-state index >= 15 is 0 Å². The zero-order chi connectivity index (χ0) is 12.5. The standard InChI is InChI=1S/C11H10N6O/c1-12-10(18)9-8-7(2-3-14-8)15-11(16-9)17-5-4-13-6-17/h2-6,14H,1H3,(H,12,18). The lowest BCUT2D eigenvalue weighted by Gasteiger charge is -2.05. The zero-order valence-corrected chi connectivity index (χ0v) is 9.58. The number of carbonyl (C=O) groups excluding carboxylic acids is 1. The Morgan fingerprint density at radius 3 is 3.06 bits per heavy atom. The van der Waals surface area contributed by atoms with Gasteiger partial charge in [-0.15, -0.1) is 0 Å². The first-order valence-corrected chi connectivity index (χ1v) is 5.35. The molecule has 3 aromatic rings. The van der Waals surface area contributed by atoms with Gasteiger partial charge in [-0.1, -0.05) is 0 Å². The summed E-state index contributed by atoms with van der Waals surface area (Å²) >= 11 is 0. The van der Waals surface area contributed by atoms with Crippen LogP contribution < -0.4 is 5.32 Å². The summed E-state index contributed by atoms with van der Waals surface area (Å²) in [5, 5.41) is 2.56. The number of amides is 1. The normalized spacial score (nSPS) is 10.7. The molecule has 0 fully saturated rings. The van der Waals surface area contributed by atoms with Crippen LogP contribution in [0.5, 0.6) is 0 Å². The Morgan fingerprint density at radius 2 is 2.33 bits per heavy atom. The number of fused-ring (bicyclic) bond motifs is 1. The predicted octanol–water partition coefficient (Wildman–Crippen LogP) is 0.503. The molecule has 7 nitrogen and oxygen atoms in total. The molecule has 0 aromatic carbocycles. The van der Waals surface area contributed by atoms with Crippen LogP contribution in [0.25, 0.3) is 17.0 Å². The molecule has 3 rings (SSSR count). The average molecular weight is 242 g/mol. The Hall–Kier alpha value is -2.70. The molecule has 0 saturated carbocycles. The third-order valence-electron chi connectivity index (χ3n) is 2.57. The molecule has 18 heavy (non-hydrogen) atoms. The number of hydrogen-bond donors (Lipinski definition) is 2. The van der Waals surface area contributed by atoms with Crippen LogP contribution in [0, 0.1) is 0 Å². The molecule has 3 aromatic heterocycles. The van der Waals surface area contributed by atoms with E-state index in [-0.39, 0.29) is 5.91 Å². The van der Waals surface area contributed by atoms with E-state index in [1.165, 1.54) is 0 Å². The Bertz CT molecular complexity index is 699. The Balaban J connectivity index is 2.26. The maximum atomic E-state index is 11.8. The van der Waals surface area contributed by atoms with Crippen LogP contribution in [0.1, 0.15) is 10.5 Å². The van der Waals surface area contributed by atoms with Crippen LogP contribution in [0.4, 0.5) is 0 Å². The average Bonchev–Trinajstić information content (AvgIpc) is 3.06. The highest BCUT2D eigenvalue weighted by molar-refractivity contribution is 6.02. The molecule has 0 aliphatic rings. The lowest BCUT2D eigenvalue weighted by Crippen LogP contribution is -2.21. The third kappa shape index (κ3) is 1.53. The molecule has 1 amide bonds. The molecule has 0 atom stereocenters. The van der Waals surface area contributed by atoms with Crippen LogP contribution in [-0.4, -0.2) is 37.5 Å². The fourth-order valence-corrected chi connectivity index (χ4v) is 1.71. The van der Waals surface area contributed by atoms with Crippen molar-refractivity contribution >= 4 is 16.9 Å². The molecule has 90 valence electrons. The second-order valence-electron chi connectivity index (χ2n) is 3.66. The topological polar surface area (TPSA) is 88.5 Å². The summed E-state index contributed by atoms with van der Waals surface area (Å²) in [4.78, 5) is 27.3. The van der Waals surface area contributed by atoms with Crippen molar-refractivity contribution in [1.82, 2.24) is 29.8 Å². The van der Waals surface area contributed by atoms with E-state index in [0.717, 1.165) is 0 Å². The monoisotopic (exact) mass is 242 g/mol. The predicted molar refractivity (Wildman–Crippen MR) is 64.4 cm³/mol. The highest BCUT2D eigenvalue weighted by Gasteiger charge is 2.15. The van der Waals surface area contributed by atoms with Gasteiger partial charge in [-0.25, -0.2) is 15.0 Å². The van der Waals surface area contributed by atoms with Crippen LogP contribution in [0.2, 0.25) is 0 Å². The quantitative estimate of drug-likeness (QED) is 0.685. The molecule has 7 heteroatoms. The van der Waals surface area contributed by atoms with E-state index in [1.807, 2.05) is 0 Å². The van der Waals surface area contributed by atoms with Crippen molar-refractivity contribution in [3.63, 3.8) is 0 Å². The number of nitrogens with one attached hydrogen (secondary N) is 2. The molecular formula is C11H10N6O. The van der Waals surface area contributed by atoms with Crippen molar-refractivity contribution in [3.8, 4) is 5.95 Å². The second kappa shape index (κ2) is 3.95. The summed E-state index contributed by atoms with van der Waals surface area (Å²) in [5.41, 5.74) is 1.63. The van der Waals surface area contributed by atoms with Gasteiger partial charge in [0.25, 0.3) is 5.91 Å². The first kappa shape index (κ1) is 10.5. The van der Waals surface area contributed by atoms with Crippen molar-refractivity contribution in [3.05, 3.63) is 36.7 Å². The number of nitrogens with zero attached hydrogens (tertiary/aromatic N) is 4. The van der Waals surface area contributed by atoms with E-state index in [9.17, 15) is 4.79 Å². The minimum atomic E-state index is -0.258. The second-order valence-corrected chi connectivity index (χ2v) is 3.66. The summed E-state index contributed by atoms with van der Waals surface area (Å²) < 4.78 is 1.65. The van der Waals surface area contributed by atoms with Crippen LogP contribution in [0.3, 0.4) is 0 Å². The SMILES string of the molecule is CNC(=O)c1nc(-n2ccnc2)nc2cc[nH]c12. The first-order chi connectivity index (χ1) is 8.79. The van der Waals surface area contributed by atoms with E-state index in [0.29, 0.717) is 22.7 Å². The number of carbonyl (C=O) groups is 1. The minimum absolute atomic E-state index is 0.258. The van der Waals surface area contributed by atoms with Gasteiger partial charge in [0.15, 0.2) is 5.69 Å². The van der Waals surface area contributed by atoms with Crippen molar-refractivity contribution in [2.24, 2.45) is 0 Å². The molecule has 0 aliphatic carbocycles. The number of H-pyrrole nitrogens is 1. The Morgan fingerprint density at radius 1 is 1.44 bits per heavy atom. The molecular weight excluding hydrogens is 232 g/mol. The number of imidazole rings is 1. The maximum absolute atomic E-state index is 11.8. The van der Waals surface area contributed by atoms with Gasteiger partial charge in [-0.2, -0.15) is 0 Å². The summed E-state index contributed by atoms with van der Waals surface area (Å²) in [7, 11) is 1.57. The molecule has 3 heterocycles. The maximum Gasteiger partial charge on any atom is 0.272 e. The largest absolute Gasteiger partial charge is 0.358 e. The lowest BCUT2D eigenvalue weighted by atomic mass is 10.3. The minimum Gasteiger partial charge on any atom is -0.358 e. The van der Waals surface area contributed by atoms with Gasteiger partial charge in [0.1, 0.15) is 6.33 Å². The Kier molecular flexibility index (Phi) is 2.30. The lowest BCUT2D eigenvalue weighted by molar-refractivity contribution is 0.0959. The number of hydrogen-bond acceptors (Lipinski definition) is 4. The van der Waals surface area contributed by atoms with E-state index in [4.69, 9.17) is 0 Å². The van der Waals surface area contributed by atoms with Crippen LogP contribution in [0.15, 0.2) is 31.0 Å². The fraction of sp³-hybridized carbons (Fsp3) is 0.0909. The van der Waals surface area contributed by atoms with Crippen molar-refractivity contribution in [1.29, 1.82) is 0 Å². The molecule has 0 saturated heterocycles. The van der Waals surface area contributed by atoms with E-state index in [1.54, 1.807) is 42.6 Å². The van der Waals surface area contributed by atoms with E-state index < -0.39 is 0 Å². The molecule has 0 aliphatic heterocycles. The van der Waals surface area contributed by atoms with Crippen molar-refractivity contribution in [2.45, 2.75) is 0 Å². The van der Waals surface area contributed by atoms with Gasteiger partial charge >= 0.3 is 0 Å². The van der Waals surface area contributed by atoms with Gasteiger partial charge in [-0.3, -0.25) is 9.36 Å². The zero-order valence-electron chi connectivity index (χ0n) is 9.58. The van der Waals surface area contributed by atoms with Crippen LogP contribution >= 0.6 is 0 Å². The number of aromatic amines is 1. The molecule has 0 radical (unpaired) electrons. The van der Waals surface area contributed by atoms with Gasteiger partial charge < -0.3 is 10.3 Å². The summed E-state index contributed by atoms with van der Waals surface area (Å²) in [6.45, 7) is 0. The van der Waals surface area contributed by atoms with Crippen molar-refractivity contribution in [2.75, 3.05) is 7.05 Å². The van der Waals surface area contributed by atoms with E-state index in [2.05, 4.69) is 25.3 Å². The number of aromatic nitrogens is 5. The highest BCUT2D eigenvalue weighted by atomic mass is 16.1. The number of rotatable bonds is 2. The van der Waals surface area contributed by atoms with Gasteiger partial charge in [0, 0.05) is 25.6 Å². The molecule has 0 bridgehead atoms. The summed E-state index contributed by atoms with van der Waals surface area (Å²) in [6, 6.07) is 1.80. The highest BCUT2D eigenvalue weighted by Crippen LogP contribution is 2.15. The molecule has 2 N–H and O–H groups in total. The van der Waals surface area contributed by atoms with Gasteiger partial charge in [-0.05, 0) is 6.07 Å². The Labute approximate surface area is 102 Å². The smallest absolute Gasteiger partial charge is 0.272 e. The van der Waals surface area contributed by atoms with Gasteiger partial charge in [0.2, 0.25) is 5.95 Å².